The van der Waals surface area contributed by atoms with Crippen molar-refractivity contribution in [1.29, 1.82) is 0 Å². The molecule has 0 unspecified atom stereocenters. The Labute approximate surface area is 149 Å². The minimum Gasteiger partial charge on any atom is -0.290 e. The van der Waals surface area contributed by atoms with E-state index in [1.54, 1.807) is 0 Å². The van der Waals surface area contributed by atoms with Gasteiger partial charge in [0.2, 0.25) is 5.78 Å². The van der Waals surface area contributed by atoms with Crippen LogP contribution < -0.4 is 4.57 Å². The predicted octanol–water partition coefficient (Wildman–Crippen LogP) is 4.03. The molecule has 4 heteroatoms. The van der Waals surface area contributed by atoms with Gasteiger partial charge in [0.25, 0.3) is 5.82 Å². The van der Waals surface area contributed by atoms with Crippen LogP contribution in [0.25, 0.3) is 11.3 Å². The van der Waals surface area contributed by atoms with Gasteiger partial charge in [-0.1, -0.05) is 58.4 Å². The minimum absolute atomic E-state index is 0.146. The van der Waals surface area contributed by atoms with Gasteiger partial charge in [0.05, 0.1) is 13.0 Å². The Bertz CT molecular complexity index is 882. The summed E-state index contributed by atoms with van der Waals surface area (Å²) in [5.41, 5.74) is 3.16. The fourth-order valence-electron chi connectivity index (χ4n) is 3.37. The molecule has 0 saturated carbocycles. The van der Waals surface area contributed by atoms with Crippen molar-refractivity contribution in [2.45, 2.75) is 25.9 Å². The SMILES string of the molecule is O=C(C[n+]1cc(-c2ccccc2)n2c1CCC2)c1ccc(Br)cc1. The smallest absolute Gasteiger partial charge is 0.257 e. The first-order chi connectivity index (χ1) is 11.7. The van der Waals surface area contributed by atoms with Crippen molar-refractivity contribution in [3.8, 4) is 11.3 Å². The van der Waals surface area contributed by atoms with E-state index in [-0.39, 0.29) is 5.78 Å². The normalized spacial score (nSPS) is 13.0. The maximum absolute atomic E-state index is 12.6. The standard InChI is InChI=1S/C20H18BrN2O/c21-17-10-8-16(9-11-17)19(24)14-22-13-18(15-5-2-1-3-6-15)23-12-4-7-20(22)23/h1-3,5-6,8-11,13H,4,7,12,14H2/q+1. The molecule has 4 rings (SSSR count). The molecule has 2 aromatic carbocycles. The van der Waals surface area contributed by atoms with Crippen molar-refractivity contribution in [2.75, 3.05) is 0 Å². The van der Waals surface area contributed by atoms with Gasteiger partial charge in [0.15, 0.2) is 12.2 Å². The number of fused-ring (bicyclic) bond motifs is 1. The number of hydrogen-bond donors (Lipinski definition) is 0. The number of hydrogen-bond acceptors (Lipinski definition) is 1. The number of Topliss-reactive ketones (excluding diaryl/α,β-unsaturated/α-hetero) is 1. The molecule has 3 nitrogen and oxygen atoms in total. The van der Waals surface area contributed by atoms with Gasteiger partial charge in [-0.3, -0.25) is 4.79 Å². The van der Waals surface area contributed by atoms with Crippen LogP contribution in [0, 0.1) is 0 Å². The van der Waals surface area contributed by atoms with E-state index in [1.165, 1.54) is 17.1 Å². The molecule has 1 aliphatic heterocycles. The van der Waals surface area contributed by atoms with Gasteiger partial charge in [-0.15, -0.1) is 0 Å². The minimum atomic E-state index is 0.146. The molecule has 1 aliphatic rings. The molecule has 2 heterocycles. The largest absolute Gasteiger partial charge is 0.290 e. The number of halogens is 1. The average molecular weight is 382 g/mol. The summed E-state index contributed by atoms with van der Waals surface area (Å²) in [6.45, 7) is 1.42. The van der Waals surface area contributed by atoms with Gasteiger partial charge in [0, 0.05) is 15.6 Å². The Morgan fingerprint density at radius 2 is 1.83 bits per heavy atom. The number of benzene rings is 2. The third kappa shape index (κ3) is 2.82. The predicted molar refractivity (Wildman–Crippen MR) is 96.9 cm³/mol. The van der Waals surface area contributed by atoms with Gasteiger partial charge in [-0.2, -0.15) is 0 Å². The molecule has 0 spiro atoms. The van der Waals surface area contributed by atoms with Crippen molar-refractivity contribution in [3.63, 3.8) is 0 Å². The highest BCUT2D eigenvalue weighted by atomic mass is 79.9. The number of aromatic nitrogens is 2. The summed E-state index contributed by atoms with van der Waals surface area (Å²) in [7, 11) is 0. The van der Waals surface area contributed by atoms with Gasteiger partial charge < -0.3 is 0 Å². The lowest BCUT2D eigenvalue weighted by atomic mass is 10.1. The Hall–Kier alpha value is -2.20. The molecule has 0 saturated heterocycles. The van der Waals surface area contributed by atoms with Crippen molar-refractivity contribution >= 4 is 21.7 Å². The highest BCUT2D eigenvalue weighted by molar-refractivity contribution is 9.10. The van der Waals surface area contributed by atoms with Gasteiger partial charge in [0.1, 0.15) is 6.20 Å². The average Bonchev–Trinajstić information content (AvgIpc) is 3.20. The van der Waals surface area contributed by atoms with Crippen LogP contribution in [-0.2, 0) is 19.5 Å². The molecular weight excluding hydrogens is 364 g/mol. The number of carbonyl (C=O) groups is 1. The van der Waals surface area contributed by atoms with E-state index in [0.717, 1.165) is 29.4 Å². The van der Waals surface area contributed by atoms with Gasteiger partial charge in [-0.25, -0.2) is 9.13 Å². The molecule has 3 aromatic rings. The van der Waals surface area contributed by atoms with Crippen LogP contribution in [0.3, 0.4) is 0 Å². The zero-order valence-electron chi connectivity index (χ0n) is 13.3. The molecule has 0 atom stereocenters. The first-order valence-electron chi connectivity index (χ1n) is 8.18. The summed E-state index contributed by atoms with van der Waals surface area (Å²) in [6, 6.07) is 18.0. The number of rotatable bonds is 4. The van der Waals surface area contributed by atoms with Crippen LogP contribution in [0.1, 0.15) is 22.6 Å². The summed E-state index contributed by atoms with van der Waals surface area (Å²) in [6.07, 6.45) is 4.30. The summed E-state index contributed by atoms with van der Waals surface area (Å²) in [5, 5.41) is 0. The van der Waals surface area contributed by atoms with E-state index in [2.05, 4.69) is 55.5 Å². The topological polar surface area (TPSA) is 25.9 Å². The van der Waals surface area contributed by atoms with E-state index < -0.39 is 0 Å². The van der Waals surface area contributed by atoms with Crippen LogP contribution in [0.15, 0.2) is 65.3 Å². The van der Waals surface area contributed by atoms with E-state index >= 15 is 0 Å². The van der Waals surface area contributed by atoms with Crippen LogP contribution in [0.2, 0.25) is 0 Å². The molecule has 0 fully saturated rings. The van der Waals surface area contributed by atoms with E-state index in [9.17, 15) is 4.79 Å². The fraction of sp³-hybridized carbons (Fsp3) is 0.200. The van der Waals surface area contributed by atoms with Crippen molar-refractivity contribution < 1.29 is 9.36 Å². The van der Waals surface area contributed by atoms with Crippen LogP contribution in [0.4, 0.5) is 0 Å². The summed E-state index contributed by atoms with van der Waals surface area (Å²) in [5.74, 6) is 1.40. The highest BCUT2D eigenvalue weighted by Crippen LogP contribution is 2.24. The third-order valence-corrected chi connectivity index (χ3v) is 5.07. The van der Waals surface area contributed by atoms with Crippen molar-refractivity contribution in [1.82, 2.24) is 4.57 Å². The molecule has 1 aromatic heterocycles. The van der Waals surface area contributed by atoms with Gasteiger partial charge in [-0.05, 0) is 18.6 Å². The molecule has 0 N–H and O–H groups in total. The quantitative estimate of drug-likeness (QED) is 0.494. The first kappa shape index (κ1) is 15.3. The molecule has 0 aliphatic carbocycles. The monoisotopic (exact) mass is 381 g/mol. The Balaban J connectivity index is 1.67. The maximum atomic E-state index is 12.6. The molecule has 24 heavy (non-hydrogen) atoms. The van der Waals surface area contributed by atoms with E-state index in [1.807, 2.05) is 30.3 Å². The Morgan fingerprint density at radius 1 is 1.08 bits per heavy atom. The molecule has 0 radical (unpaired) electrons. The molecule has 0 bridgehead atoms. The molecule has 120 valence electrons. The van der Waals surface area contributed by atoms with E-state index in [0.29, 0.717) is 6.54 Å². The van der Waals surface area contributed by atoms with Crippen molar-refractivity contribution in [3.05, 3.63) is 76.7 Å². The zero-order chi connectivity index (χ0) is 16.5. The zero-order valence-corrected chi connectivity index (χ0v) is 14.9. The fourth-order valence-corrected chi connectivity index (χ4v) is 3.63. The third-order valence-electron chi connectivity index (χ3n) is 4.54. The van der Waals surface area contributed by atoms with Crippen molar-refractivity contribution in [2.24, 2.45) is 0 Å². The Morgan fingerprint density at radius 3 is 2.58 bits per heavy atom. The highest BCUT2D eigenvalue weighted by Gasteiger charge is 2.29. The number of ketones is 1. The van der Waals surface area contributed by atoms with Gasteiger partial charge >= 0.3 is 0 Å². The summed E-state index contributed by atoms with van der Waals surface area (Å²) < 4.78 is 5.46. The maximum Gasteiger partial charge on any atom is 0.257 e. The van der Waals surface area contributed by atoms with Crippen LogP contribution in [0.5, 0.6) is 0 Å². The lowest BCUT2D eigenvalue weighted by molar-refractivity contribution is -0.689. The molecular formula is C20H18BrN2O+. The second-order valence-electron chi connectivity index (χ2n) is 6.11. The first-order valence-corrected chi connectivity index (χ1v) is 8.98. The van der Waals surface area contributed by atoms with Crippen LogP contribution >= 0.6 is 15.9 Å². The lowest BCUT2D eigenvalue weighted by Crippen LogP contribution is -2.40. The summed E-state index contributed by atoms with van der Waals surface area (Å²) in [4.78, 5) is 12.6. The summed E-state index contributed by atoms with van der Waals surface area (Å²) >= 11 is 3.41. The van der Waals surface area contributed by atoms with E-state index in [4.69, 9.17) is 0 Å². The lowest BCUT2D eigenvalue weighted by Gasteiger charge is -2.00. The number of nitrogens with zero attached hydrogens (tertiary/aromatic N) is 2. The second kappa shape index (κ2) is 6.36. The second-order valence-corrected chi connectivity index (χ2v) is 7.03. The molecule has 0 amide bonds. The Kier molecular flexibility index (Phi) is 4.07. The number of imidazole rings is 1. The number of carbonyl (C=O) groups excluding carboxylic acids is 1. The van der Waals surface area contributed by atoms with Crippen LogP contribution in [-0.4, -0.2) is 10.4 Å².